The van der Waals surface area contributed by atoms with Gasteiger partial charge < -0.3 is 19.9 Å². The lowest BCUT2D eigenvalue weighted by Gasteiger charge is -2.17. The van der Waals surface area contributed by atoms with Gasteiger partial charge in [0.1, 0.15) is 11.5 Å². The van der Waals surface area contributed by atoms with Crippen LogP contribution in [0.2, 0.25) is 5.02 Å². The van der Waals surface area contributed by atoms with Gasteiger partial charge in [-0.05, 0) is 77.9 Å². The van der Waals surface area contributed by atoms with E-state index in [0.29, 0.717) is 27.6 Å². The molecule has 4 aromatic carbocycles. The summed E-state index contributed by atoms with van der Waals surface area (Å²) in [7, 11) is 0. The van der Waals surface area contributed by atoms with Crippen LogP contribution in [-0.2, 0) is 4.79 Å². The molecule has 5 aromatic rings. The number of carbonyl (C=O) groups excluding carboxylic acids is 1. The van der Waals surface area contributed by atoms with E-state index in [1.807, 2.05) is 0 Å². The zero-order valence-electron chi connectivity index (χ0n) is 24.7. The van der Waals surface area contributed by atoms with E-state index in [9.17, 15) is 35.9 Å². The van der Waals surface area contributed by atoms with Crippen LogP contribution in [-0.4, -0.2) is 46.0 Å². The maximum absolute atomic E-state index is 13.3. The van der Waals surface area contributed by atoms with Crippen LogP contribution in [0.15, 0.2) is 84.9 Å². The molecule has 0 aliphatic carbocycles. The molecule has 0 radical (unpaired) electrons. The van der Waals surface area contributed by atoms with Crippen molar-refractivity contribution in [3.63, 3.8) is 0 Å². The Morgan fingerprint density at radius 1 is 0.875 bits per heavy atom. The number of carboxylic acids is 1. The highest BCUT2D eigenvalue weighted by molar-refractivity contribution is 6.31. The van der Waals surface area contributed by atoms with Gasteiger partial charge in [0.05, 0.1) is 23.9 Å². The van der Waals surface area contributed by atoms with Gasteiger partial charge >= 0.3 is 18.7 Å². The van der Waals surface area contributed by atoms with Gasteiger partial charge in [0.25, 0.3) is 5.91 Å². The molecule has 0 saturated heterocycles. The number of hydrogen-bond acceptors (Lipinski definition) is 5. The Kier molecular flexibility index (Phi) is 9.57. The number of carboxylic acid groups (broad SMARTS) is 1. The number of nitrogens with one attached hydrogen (secondary N) is 1. The number of fused-ring (bicyclic) bond motifs is 1. The van der Waals surface area contributed by atoms with Crippen molar-refractivity contribution in [2.45, 2.75) is 32.1 Å². The van der Waals surface area contributed by atoms with E-state index in [1.54, 1.807) is 41.9 Å². The lowest BCUT2D eigenvalue weighted by atomic mass is 10.0. The fourth-order valence-corrected chi connectivity index (χ4v) is 5.14. The molecule has 0 aliphatic heterocycles. The number of aromatic nitrogens is 2. The lowest BCUT2D eigenvalue weighted by Crippen LogP contribution is -2.26. The van der Waals surface area contributed by atoms with Gasteiger partial charge in [-0.3, -0.25) is 14.3 Å². The van der Waals surface area contributed by atoms with Crippen molar-refractivity contribution in [3.05, 3.63) is 101 Å². The molecule has 5 rings (SSSR count). The molecule has 1 atom stereocenters. The minimum Gasteiger partial charge on any atom is -0.481 e. The Labute approximate surface area is 273 Å². The number of halogens is 7. The summed E-state index contributed by atoms with van der Waals surface area (Å²) in [6, 6.07) is 19.7. The van der Waals surface area contributed by atoms with E-state index in [-0.39, 0.29) is 34.8 Å². The van der Waals surface area contributed by atoms with Crippen molar-refractivity contribution in [2.75, 3.05) is 6.54 Å². The number of amides is 1. The Bertz CT molecular complexity index is 1980. The molecule has 2 N–H and O–H groups in total. The maximum atomic E-state index is 13.3. The van der Waals surface area contributed by atoms with Crippen LogP contribution in [0.4, 0.5) is 26.3 Å². The van der Waals surface area contributed by atoms with Crippen LogP contribution in [0.1, 0.15) is 35.3 Å². The third-order valence-electron chi connectivity index (χ3n) is 7.17. The normalized spacial score (nSPS) is 12.5. The fourth-order valence-electron chi connectivity index (χ4n) is 4.97. The second kappa shape index (κ2) is 13.5. The van der Waals surface area contributed by atoms with E-state index in [1.165, 1.54) is 42.5 Å². The fraction of sp³-hybridized carbons (Fsp3) is 0.182. The van der Waals surface area contributed by atoms with Gasteiger partial charge in [0.2, 0.25) is 0 Å². The van der Waals surface area contributed by atoms with E-state index < -0.39 is 42.1 Å². The zero-order chi connectivity index (χ0) is 34.8. The van der Waals surface area contributed by atoms with Crippen molar-refractivity contribution in [3.8, 4) is 34.0 Å². The average Bonchev–Trinajstić information content (AvgIpc) is 3.45. The van der Waals surface area contributed by atoms with Gasteiger partial charge in [0.15, 0.2) is 0 Å². The molecule has 0 saturated carbocycles. The standard InChI is InChI=1S/C33H24ClF6N3O5/c1-18(19-2-4-20(5-3-19)31(46)41-13-12-30(44)45)43-28(17-27(42-43)26-16-24(34)9-11-29(26)48-33(38,39)40)23-7-6-22-15-25(47-32(35,36)37)10-8-21(22)14-23/h2-11,14-18H,12-13H2,1H3,(H,41,46)(H,44,45)/t18-/m1/s1. The first-order valence-corrected chi connectivity index (χ1v) is 14.5. The number of nitrogens with zero attached hydrogens (tertiary/aromatic N) is 2. The zero-order valence-corrected chi connectivity index (χ0v) is 25.5. The van der Waals surface area contributed by atoms with Gasteiger partial charge in [-0.25, -0.2) is 0 Å². The molecule has 1 amide bonds. The van der Waals surface area contributed by atoms with Crippen molar-refractivity contribution >= 4 is 34.2 Å². The van der Waals surface area contributed by atoms with Crippen LogP contribution in [0.3, 0.4) is 0 Å². The Hall–Kier alpha value is -5.24. The number of carbonyl (C=O) groups is 2. The molecule has 15 heteroatoms. The lowest BCUT2D eigenvalue weighted by molar-refractivity contribution is -0.275. The number of rotatable bonds is 10. The number of aliphatic carboxylic acids is 1. The minimum absolute atomic E-state index is 0.0462. The smallest absolute Gasteiger partial charge is 0.481 e. The summed E-state index contributed by atoms with van der Waals surface area (Å²) >= 11 is 6.15. The van der Waals surface area contributed by atoms with Gasteiger partial charge in [-0.1, -0.05) is 41.9 Å². The largest absolute Gasteiger partial charge is 0.573 e. The molecule has 0 fully saturated rings. The van der Waals surface area contributed by atoms with Gasteiger partial charge in [-0.15, -0.1) is 26.3 Å². The molecular weight excluding hydrogens is 668 g/mol. The molecule has 1 aromatic heterocycles. The second-order valence-corrected chi connectivity index (χ2v) is 11.0. The second-order valence-electron chi connectivity index (χ2n) is 10.5. The Morgan fingerprint density at radius 3 is 2.21 bits per heavy atom. The summed E-state index contributed by atoms with van der Waals surface area (Å²) in [4.78, 5) is 23.2. The number of ether oxygens (including phenoxy) is 2. The average molecular weight is 692 g/mol. The first-order chi connectivity index (χ1) is 22.6. The summed E-state index contributed by atoms with van der Waals surface area (Å²) in [5.41, 5.74) is 1.93. The van der Waals surface area contributed by atoms with Crippen molar-refractivity contribution in [1.82, 2.24) is 15.1 Å². The molecule has 0 unspecified atom stereocenters. The molecule has 0 bridgehead atoms. The number of benzene rings is 4. The summed E-state index contributed by atoms with van der Waals surface area (Å²) in [5.74, 6) is -2.48. The van der Waals surface area contributed by atoms with Gasteiger partial charge in [0, 0.05) is 28.3 Å². The molecule has 1 heterocycles. The van der Waals surface area contributed by atoms with Crippen LogP contribution in [0.25, 0.3) is 33.3 Å². The van der Waals surface area contributed by atoms with Crippen LogP contribution >= 0.6 is 11.6 Å². The van der Waals surface area contributed by atoms with Gasteiger partial charge in [-0.2, -0.15) is 5.10 Å². The molecule has 0 aliphatic rings. The first kappa shape index (κ1) is 34.1. The van der Waals surface area contributed by atoms with Crippen molar-refractivity contribution in [1.29, 1.82) is 0 Å². The minimum atomic E-state index is -5.00. The van der Waals surface area contributed by atoms with E-state index in [0.717, 1.165) is 12.1 Å². The van der Waals surface area contributed by atoms with E-state index in [2.05, 4.69) is 19.9 Å². The number of hydrogen-bond donors (Lipinski definition) is 2. The molecule has 48 heavy (non-hydrogen) atoms. The van der Waals surface area contributed by atoms with Crippen LogP contribution in [0.5, 0.6) is 11.5 Å². The van der Waals surface area contributed by atoms with Crippen molar-refractivity contribution < 1.29 is 50.5 Å². The predicted molar refractivity (Wildman–Crippen MR) is 164 cm³/mol. The van der Waals surface area contributed by atoms with E-state index in [4.69, 9.17) is 16.7 Å². The highest BCUT2D eigenvalue weighted by Gasteiger charge is 2.33. The van der Waals surface area contributed by atoms with Crippen LogP contribution < -0.4 is 14.8 Å². The molecule has 0 spiro atoms. The summed E-state index contributed by atoms with van der Waals surface area (Å²) in [6.07, 6.45) is -10.1. The monoisotopic (exact) mass is 691 g/mol. The Morgan fingerprint density at radius 2 is 1.54 bits per heavy atom. The highest BCUT2D eigenvalue weighted by atomic mass is 35.5. The van der Waals surface area contributed by atoms with E-state index >= 15 is 0 Å². The SMILES string of the molecule is C[C@H](c1ccc(C(=O)NCCC(=O)O)cc1)n1nc(-c2cc(Cl)ccc2OC(F)(F)F)cc1-c1ccc2cc(OC(F)(F)F)ccc2c1. The van der Waals surface area contributed by atoms with Crippen molar-refractivity contribution in [2.24, 2.45) is 0 Å². The summed E-state index contributed by atoms with van der Waals surface area (Å²) in [5, 5.41) is 17.1. The predicted octanol–water partition coefficient (Wildman–Crippen LogP) is 8.63. The molecular formula is C33H24ClF6N3O5. The highest BCUT2D eigenvalue weighted by Crippen LogP contribution is 2.39. The summed E-state index contributed by atoms with van der Waals surface area (Å²) < 4.78 is 88.0. The third-order valence-corrected chi connectivity index (χ3v) is 7.40. The molecule has 250 valence electrons. The quantitative estimate of drug-likeness (QED) is 0.142. The third kappa shape index (κ3) is 8.37. The Balaban J connectivity index is 1.57. The first-order valence-electron chi connectivity index (χ1n) is 14.1. The topological polar surface area (TPSA) is 103 Å². The van der Waals surface area contributed by atoms with Crippen LogP contribution in [0, 0.1) is 0 Å². The molecule has 8 nitrogen and oxygen atoms in total. The summed E-state index contributed by atoms with van der Waals surface area (Å²) in [6.45, 7) is 1.72. The maximum Gasteiger partial charge on any atom is 0.573 e. The number of alkyl halides is 6.